The first kappa shape index (κ1) is 36.0. The van der Waals surface area contributed by atoms with Crippen LogP contribution in [0.5, 0.6) is 11.8 Å². The lowest BCUT2D eigenvalue weighted by Crippen LogP contribution is -2.42. The first-order valence-corrected chi connectivity index (χ1v) is 15.5. The lowest BCUT2D eigenvalue weighted by atomic mass is 10.0. The number of aromatic nitrogens is 4. The number of benzene rings is 2. The summed E-state index contributed by atoms with van der Waals surface area (Å²) in [5.41, 5.74) is 1.60. The zero-order valence-electron chi connectivity index (χ0n) is 26.6. The third-order valence-electron chi connectivity index (χ3n) is 7.21. The van der Waals surface area contributed by atoms with Crippen LogP contribution in [0.1, 0.15) is 41.4 Å². The standard InChI is InChI=1S/C34H26Cl2N8O7/c1-49-27-13-21(11-25(35)41-27)31(47)39-23(15-37)29(45)17-3-7-19(8-4-17)33-43-44-34(51-33)20-9-5-18(6-10-20)30(46)24(16-38)40-32(48)22-12-26(36)42-28(14-22)50-2/h3-16,23-24,37-38H,1-2H3,(H,39,47)(H,40,48)/t23-,24-/m0/s1. The second kappa shape index (κ2) is 15.9. The van der Waals surface area contributed by atoms with E-state index in [2.05, 4.69) is 30.8 Å². The number of nitrogens with one attached hydrogen (secondary N) is 4. The molecule has 2 atom stereocenters. The van der Waals surface area contributed by atoms with Gasteiger partial charge in [0.1, 0.15) is 22.4 Å². The number of nitrogens with zero attached hydrogens (tertiary/aromatic N) is 4. The van der Waals surface area contributed by atoms with Crippen LogP contribution >= 0.6 is 23.2 Å². The van der Waals surface area contributed by atoms with Gasteiger partial charge < -0.3 is 35.3 Å². The van der Waals surface area contributed by atoms with Gasteiger partial charge in [0, 0.05) is 57.9 Å². The molecule has 15 nitrogen and oxygen atoms in total. The van der Waals surface area contributed by atoms with Gasteiger partial charge in [-0.05, 0) is 36.4 Å². The van der Waals surface area contributed by atoms with E-state index < -0.39 is 35.5 Å². The van der Waals surface area contributed by atoms with E-state index >= 15 is 0 Å². The van der Waals surface area contributed by atoms with Crippen LogP contribution in [0.15, 0.2) is 77.2 Å². The summed E-state index contributed by atoms with van der Waals surface area (Å²) in [6.07, 6.45) is 1.63. The summed E-state index contributed by atoms with van der Waals surface area (Å²) < 4.78 is 15.9. The number of ketones is 2. The fourth-order valence-corrected chi connectivity index (χ4v) is 5.00. The van der Waals surface area contributed by atoms with Crippen LogP contribution in [-0.2, 0) is 0 Å². The summed E-state index contributed by atoms with van der Waals surface area (Å²) in [6, 6.07) is 15.1. The molecular weight excluding hydrogens is 703 g/mol. The lowest BCUT2D eigenvalue weighted by molar-refractivity contribution is 0.0885. The summed E-state index contributed by atoms with van der Waals surface area (Å²) in [5, 5.41) is 28.6. The van der Waals surface area contributed by atoms with Gasteiger partial charge in [-0.2, -0.15) is 0 Å². The van der Waals surface area contributed by atoms with E-state index in [1.165, 1.54) is 62.8 Å². The third-order valence-corrected chi connectivity index (χ3v) is 7.60. The fraction of sp³-hybridized carbons (Fsp3) is 0.118. The smallest absolute Gasteiger partial charge is 0.252 e. The van der Waals surface area contributed by atoms with Crippen LogP contribution < -0.4 is 20.1 Å². The van der Waals surface area contributed by atoms with E-state index in [9.17, 15) is 19.2 Å². The molecule has 0 spiro atoms. The van der Waals surface area contributed by atoms with Crippen molar-refractivity contribution >= 4 is 59.0 Å². The molecule has 4 N–H and O–H groups in total. The molecule has 3 aromatic heterocycles. The fourth-order valence-electron chi connectivity index (χ4n) is 4.60. The molecule has 0 radical (unpaired) electrons. The number of halogens is 2. The minimum atomic E-state index is -1.26. The van der Waals surface area contributed by atoms with Crippen LogP contribution in [0.4, 0.5) is 0 Å². The van der Waals surface area contributed by atoms with Gasteiger partial charge >= 0.3 is 0 Å². The van der Waals surface area contributed by atoms with Crippen molar-refractivity contribution in [2.45, 2.75) is 12.1 Å². The Kier molecular flexibility index (Phi) is 11.2. The Bertz CT molecular complexity index is 1990. The van der Waals surface area contributed by atoms with E-state index in [4.69, 9.17) is 47.9 Å². The van der Waals surface area contributed by atoms with Gasteiger partial charge in [0.05, 0.1) is 14.2 Å². The van der Waals surface area contributed by atoms with Gasteiger partial charge in [-0.1, -0.05) is 47.5 Å². The molecule has 0 aliphatic carbocycles. The predicted octanol–water partition coefficient (Wildman–Crippen LogP) is 4.78. The number of Topliss-reactive ketones (excluding diaryl/α,β-unsaturated/α-hetero) is 2. The molecule has 17 heteroatoms. The van der Waals surface area contributed by atoms with Crippen molar-refractivity contribution in [1.29, 1.82) is 10.8 Å². The van der Waals surface area contributed by atoms with Crippen molar-refractivity contribution < 1.29 is 33.1 Å². The molecule has 0 bridgehead atoms. The van der Waals surface area contributed by atoms with Crippen LogP contribution in [0.25, 0.3) is 22.9 Å². The predicted molar refractivity (Wildman–Crippen MR) is 186 cm³/mol. The first-order chi connectivity index (χ1) is 24.5. The molecule has 2 aromatic carbocycles. The lowest BCUT2D eigenvalue weighted by Gasteiger charge is -2.14. The van der Waals surface area contributed by atoms with Gasteiger partial charge in [-0.25, -0.2) is 9.97 Å². The van der Waals surface area contributed by atoms with Crippen molar-refractivity contribution in [3.63, 3.8) is 0 Å². The van der Waals surface area contributed by atoms with Crippen LogP contribution in [0.3, 0.4) is 0 Å². The van der Waals surface area contributed by atoms with Crippen molar-refractivity contribution in [2.24, 2.45) is 0 Å². The molecule has 2 amide bonds. The van der Waals surface area contributed by atoms with Crippen molar-refractivity contribution in [1.82, 2.24) is 30.8 Å². The van der Waals surface area contributed by atoms with Gasteiger partial charge in [0.15, 0.2) is 11.6 Å². The highest BCUT2D eigenvalue weighted by Gasteiger charge is 2.24. The van der Waals surface area contributed by atoms with Gasteiger partial charge in [0.2, 0.25) is 23.5 Å². The number of methoxy groups -OCH3 is 2. The Morgan fingerprint density at radius 2 is 1.02 bits per heavy atom. The molecular formula is C34H26Cl2N8O7. The van der Waals surface area contributed by atoms with Crippen LogP contribution in [-0.4, -0.2) is 82.3 Å². The minimum Gasteiger partial charge on any atom is -0.481 e. The molecule has 0 saturated carbocycles. The van der Waals surface area contributed by atoms with Crippen molar-refractivity contribution in [3.05, 3.63) is 105 Å². The van der Waals surface area contributed by atoms with E-state index in [0.717, 1.165) is 12.4 Å². The largest absolute Gasteiger partial charge is 0.481 e. The van der Waals surface area contributed by atoms with Gasteiger partial charge in [-0.15, -0.1) is 10.2 Å². The maximum atomic E-state index is 13.1. The molecule has 0 aliphatic heterocycles. The van der Waals surface area contributed by atoms with Crippen molar-refractivity contribution in [3.8, 4) is 34.7 Å². The first-order valence-electron chi connectivity index (χ1n) is 14.7. The Morgan fingerprint density at radius 3 is 1.35 bits per heavy atom. The van der Waals surface area contributed by atoms with Crippen LogP contribution in [0, 0.1) is 10.8 Å². The summed E-state index contributed by atoms with van der Waals surface area (Å²) in [6.45, 7) is 0. The van der Waals surface area contributed by atoms with Gasteiger partial charge in [-0.3, -0.25) is 19.2 Å². The molecule has 5 aromatic rings. The molecule has 0 aliphatic rings. The molecule has 51 heavy (non-hydrogen) atoms. The number of carbonyl (C=O) groups is 4. The van der Waals surface area contributed by atoms with Gasteiger partial charge in [0.25, 0.3) is 11.8 Å². The number of hydrogen-bond donors (Lipinski definition) is 4. The maximum Gasteiger partial charge on any atom is 0.252 e. The summed E-state index contributed by atoms with van der Waals surface area (Å²) >= 11 is 11.9. The molecule has 5 rings (SSSR count). The monoisotopic (exact) mass is 728 g/mol. The summed E-state index contributed by atoms with van der Waals surface area (Å²) in [4.78, 5) is 59.5. The average molecular weight is 730 g/mol. The third kappa shape index (κ3) is 8.46. The Labute approximate surface area is 299 Å². The maximum absolute atomic E-state index is 13.1. The highest BCUT2D eigenvalue weighted by atomic mass is 35.5. The quantitative estimate of drug-likeness (QED) is 0.0692. The second-order valence-electron chi connectivity index (χ2n) is 10.5. The number of ether oxygens (including phenoxy) is 2. The molecule has 0 unspecified atom stereocenters. The summed E-state index contributed by atoms with van der Waals surface area (Å²) in [7, 11) is 2.74. The van der Waals surface area contributed by atoms with E-state index in [0.29, 0.717) is 11.1 Å². The van der Waals surface area contributed by atoms with E-state index in [-0.39, 0.29) is 56.1 Å². The molecule has 258 valence electrons. The SMILES string of the molecule is COc1cc(C(=O)N[C@@H](C=N)C(=O)c2ccc(-c3nnc(-c4ccc(C(=O)[C@H](C=N)NC(=O)c5cc(Cl)nc(OC)c5)cc4)o3)cc2)cc(Cl)n1. The highest BCUT2D eigenvalue weighted by molar-refractivity contribution is 6.30. The highest BCUT2D eigenvalue weighted by Crippen LogP contribution is 2.25. The normalized spacial score (nSPS) is 11.8. The van der Waals surface area contributed by atoms with E-state index in [1.54, 1.807) is 24.3 Å². The number of rotatable bonds is 14. The van der Waals surface area contributed by atoms with Crippen molar-refractivity contribution in [2.75, 3.05) is 14.2 Å². The minimum absolute atomic E-state index is 0.0231. The number of pyridine rings is 2. The Morgan fingerprint density at radius 1 is 0.647 bits per heavy atom. The zero-order valence-corrected chi connectivity index (χ0v) is 28.2. The average Bonchev–Trinajstić information content (AvgIpc) is 3.65. The number of amides is 2. The molecule has 0 fully saturated rings. The Balaban J connectivity index is 1.23. The van der Waals surface area contributed by atoms with E-state index in [1.807, 2.05) is 0 Å². The molecule has 3 heterocycles. The Hall–Kier alpha value is -6.32. The summed E-state index contributed by atoms with van der Waals surface area (Å²) in [5.74, 6) is -1.86. The molecule has 0 saturated heterocycles. The second-order valence-corrected chi connectivity index (χ2v) is 11.2. The zero-order chi connectivity index (χ0) is 36.7. The number of hydrogen-bond acceptors (Lipinski definition) is 13. The topological polar surface area (TPSA) is 223 Å². The number of carbonyl (C=O) groups excluding carboxylic acids is 4. The van der Waals surface area contributed by atoms with Crippen LogP contribution in [0.2, 0.25) is 10.3 Å².